The molecule has 0 aliphatic heterocycles. The summed E-state index contributed by atoms with van der Waals surface area (Å²) in [5, 5.41) is 0. The van der Waals surface area contributed by atoms with E-state index in [9.17, 15) is 4.79 Å². The molecule has 14 heavy (non-hydrogen) atoms. The lowest BCUT2D eigenvalue weighted by atomic mass is 10.0. The van der Waals surface area contributed by atoms with E-state index in [0.29, 0.717) is 6.61 Å². The number of rotatable bonds is 3. The van der Waals surface area contributed by atoms with Crippen LogP contribution in [-0.2, 0) is 9.53 Å². The normalized spacial score (nSPS) is 12.2. The molecule has 1 atom stereocenters. The Labute approximate surface area is 89.7 Å². The van der Waals surface area contributed by atoms with Crippen LogP contribution in [0.1, 0.15) is 25.3 Å². The van der Waals surface area contributed by atoms with E-state index in [1.54, 1.807) is 6.92 Å². The van der Waals surface area contributed by atoms with Crippen LogP contribution >= 0.6 is 12.6 Å². The van der Waals surface area contributed by atoms with Crippen LogP contribution in [0.2, 0.25) is 0 Å². The number of thiol groups is 1. The van der Waals surface area contributed by atoms with Gasteiger partial charge >= 0.3 is 5.97 Å². The van der Waals surface area contributed by atoms with E-state index in [4.69, 9.17) is 4.74 Å². The molecule has 0 N–H and O–H groups in total. The molecule has 2 nitrogen and oxygen atoms in total. The molecule has 0 amide bonds. The second kappa shape index (κ2) is 5.05. The topological polar surface area (TPSA) is 26.3 Å². The molecule has 3 heteroatoms. The zero-order valence-electron chi connectivity index (χ0n) is 8.36. The first-order valence-electron chi connectivity index (χ1n) is 4.60. The molecule has 0 spiro atoms. The number of esters is 1. The molecule has 1 rings (SSSR count). The van der Waals surface area contributed by atoms with E-state index >= 15 is 0 Å². The first-order chi connectivity index (χ1) is 6.65. The number of carbonyl (C=O) groups excluding carboxylic acids is 1. The fourth-order valence-corrected chi connectivity index (χ4v) is 1.32. The number of hydrogen-bond acceptors (Lipinski definition) is 3. The van der Waals surface area contributed by atoms with Crippen molar-refractivity contribution in [3.05, 3.63) is 29.8 Å². The van der Waals surface area contributed by atoms with Crippen LogP contribution < -0.4 is 0 Å². The Hall–Kier alpha value is -0.960. The van der Waals surface area contributed by atoms with Crippen molar-refractivity contribution in [2.45, 2.75) is 24.7 Å². The fourth-order valence-electron chi connectivity index (χ4n) is 1.17. The van der Waals surface area contributed by atoms with Gasteiger partial charge in [-0.3, -0.25) is 4.79 Å². The Kier molecular flexibility index (Phi) is 4.01. The largest absolute Gasteiger partial charge is 0.466 e. The van der Waals surface area contributed by atoms with Gasteiger partial charge in [-0.15, -0.1) is 12.6 Å². The van der Waals surface area contributed by atoms with Crippen molar-refractivity contribution in [3.8, 4) is 0 Å². The third kappa shape index (κ3) is 2.77. The average molecular weight is 210 g/mol. The summed E-state index contributed by atoms with van der Waals surface area (Å²) in [6.45, 7) is 4.07. The number of hydrogen-bond donors (Lipinski definition) is 1. The van der Waals surface area contributed by atoms with Crippen molar-refractivity contribution >= 4 is 18.6 Å². The lowest BCUT2D eigenvalue weighted by Gasteiger charge is -2.10. The summed E-state index contributed by atoms with van der Waals surface area (Å²) in [4.78, 5) is 12.3. The molecule has 1 aromatic rings. The molecule has 0 radical (unpaired) electrons. The molecule has 1 aromatic carbocycles. The fraction of sp³-hybridized carbons (Fsp3) is 0.364. The van der Waals surface area contributed by atoms with Crippen molar-refractivity contribution in [3.63, 3.8) is 0 Å². The number of ether oxygens (including phenoxy) is 1. The van der Waals surface area contributed by atoms with Crippen LogP contribution in [0.4, 0.5) is 0 Å². The average Bonchev–Trinajstić information content (AvgIpc) is 2.18. The molecular formula is C11H14O2S. The smallest absolute Gasteiger partial charge is 0.313 e. The molecule has 0 fully saturated rings. The second-order valence-corrected chi connectivity index (χ2v) is 3.58. The standard InChI is InChI=1S/C11H14O2S/c1-3-13-11(12)8(2)9-4-6-10(14)7-5-9/h4-8,14H,3H2,1-2H3. The van der Waals surface area contributed by atoms with Crippen LogP contribution in [0, 0.1) is 0 Å². The van der Waals surface area contributed by atoms with Gasteiger partial charge in [-0.05, 0) is 31.5 Å². The molecular weight excluding hydrogens is 196 g/mol. The van der Waals surface area contributed by atoms with Gasteiger partial charge in [-0.2, -0.15) is 0 Å². The van der Waals surface area contributed by atoms with Gasteiger partial charge < -0.3 is 4.74 Å². The van der Waals surface area contributed by atoms with Crippen LogP contribution in [0.15, 0.2) is 29.2 Å². The summed E-state index contributed by atoms with van der Waals surface area (Å²) in [6.07, 6.45) is 0. The third-order valence-corrected chi connectivity index (χ3v) is 2.33. The van der Waals surface area contributed by atoms with Crippen LogP contribution in [0.25, 0.3) is 0 Å². The first kappa shape index (κ1) is 11.1. The van der Waals surface area contributed by atoms with Gasteiger partial charge in [0.2, 0.25) is 0 Å². The monoisotopic (exact) mass is 210 g/mol. The molecule has 0 bridgehead atoms. The van der Waals surface area contributed by atoms with E-state index in [1.807, 2.05) is 31.2 Å². The quantitative estimate of drug-likeness (QED) is 0.613. The van der Waals surface area contributed by atoms with E-state index in [1.165, 1.54) is 0 Å². The summed E-state index contributed by atoms with van der Waals surface area (Å²) in [6, 6.07) is 7.52. The van der Waals surface area contributed by atoms with Gasteiger partial charge in [0.25, 0.3) is 0 Å². The van der Waals surface area contributed by atoms with Crippen molar-refractivity contribution in [2.24, 2.45) is 0 Å². The molecule has 0 aliphatic rings. The van der Waals surface area contributed by atoms with Gasteiger partial charge in [-0.25, -0.2) is 0 Å². The maximum atomic E-state index is 11.4. The van der Waals surface area contributed by atoms with Crippen LogP contribution in [0.5, 0.6) is 0 Å². The maximum absolute atomic E-state index is 11.4. The first-order valence-corrected chi connectivity index (χ1v) is 5.05. The zero-order valence-corrected chi connectivity index (χ0v) is 9.25. The lowest BCUT2D eigenvalue weighted by molar-refractivity contribution is -0.144. The third-order valence-electron chi connectivity index (χ3n) is 2.03. The summed E-state index contributed by atoms with van der Waals surface area (Å²) in [5.74, 6) is -0.386. The molecule has 0 aromatic heterocycles. The van der Waals surface area contributed by atoms with Gasteiger partial charge in [0.15, 0.2) is 0 Å². The van der Waals surface area contributed by atoms with Gasteiger partial charge in [-0.1, -0.05) is 12.1 Å². The highest BCUT2D eigenvalue weighted by atomic mass is 32.1. The molecule has 0 saturated heterocycles. The lowest BCUT2D eigenvalue weighted by Crippen LogP contribution is -2.12. The zero-order chi connectivity index (χ0) is 10.6. The highest BCUT2D eigenvalue weighted by Gasteiger charge is 2.15. The minimum Gasteiger partial charge on any atom is -0.466 e. The second-order valence-electron chi connectivity index (χ2n) is 3.07. The van der Waals surface area contributed by atoms with Crippen molar-refractivity contribution < 1.29 is 9.53 Å². The van der Waals surface area contributed by atoms with Gasteiger partial charge in [0.05, 0.1) is 12.5 Å². The Morgan fingerprint density at radius 2 is 2.00 bits per heavy atom. The Bertz CT molecular complexity index is 306. The Morgan fingerprint density at radius 3 is 2.50 bits per heavy atom. The predicted octanol–water partition coefficient (Wildman–Crippen LogP) is 2.64. The minimum atomic E-state index is -0.205. The van der Waals surface area contributed by atoms with Crippen molar-refractivity contribution in [1.29, 1.82) is 0 Å². The Balaban J connectivity index is 2.73. The molecule has 0 aliphatic carbocycles. The molecule has 0 saturated carbocycles. The van der Waals surface area contributed by atoms with Crippen LogP contribution in [0.3, 0.4) is 0 Å². The summed E-state index contributed by atoms with van der Waals surface area (Å²) >= 11 is 4.18. The highest BCUT2D eigenvalue weighted by molar-refractivity contribution is 7.80. The van der Waals surface area contributed by atoms with Gasteiger partial charge in [0, 0.05) is 4.90 Å². The maximum Gasteiger partial charge on any atom is 0.313 e. The molecule has 0 heterocycles. The number of carbonyl (C=O) groups is 1. The summed E-state index contributed by atoms with van der Waals surface area (Å²) < 4.78 is 4.93. The Morgan fingerprint density at radius 1 is 1.43 bits per heavy atom. The summed E-state index contributed by atoms with van der Waals surface area (Å²) in [7, 11) is 0. The summed E-state index contributed by atoms with van der Waals surface area (Å²) in [5.41, 5.74) is 0.959. The highest BCUT2D eigenvalue weighted by Crippen LogP contribution is 2.18. The molecule has 1 unspecified atom stereocenters. The van der Waals surface area contributed by atoms with Gasteiger partial charge in [0.1, 0.15) is 0 Å². The van der Waals surface area contributed by atoms with Crippen molar-refractivity contribution in [1.82, 2.24) is 0 Å². The van der Waals surface area contributed by atoms with E-state index < -0.39 is 0 Å². The van der Waals surface area contributed by atoms with E-state index in [0.717, 1.165) is 10.5 Å². The van der Waals surface area contributed by atoms with E-state index in [-0.39, 0.29) is 11.9 Å². The number of benzene rings is 1. The SMILES string of the molecule is CCOC(=O)C(C)c1ccc(S)cc1. The van der Waals surface area contributed by atoms with E-state index in [2.05, 4.69) is 12.6 Å². The minimum absolute atomic E-state index is 0.181. The molecule has 76 valence electrons. The van der Waals surface area contributed by atoms with Crippen molar-refractivity contribution in [2.75, 3.05) is 6.61 Å². The predicted molar refractivity (Wildman–Crippen MR) is 58.7 cm³/mol. The van der Waals surface area contributed by atoms with Crippen LogP contribution in [-0.4, -0.2) is 12.6 Å².